The fourth-order valence-electron chi connectivity index (χ4n) is 8.74. The Labute approximate surface area is 373 Å². The molecule has 6 rings (SSSR count). The van der Waals surface area contributed by atoms with Gasteiger partial charge in [0.1, 0.15) is 25.0 Å². The number of nitrogens with two attached hydrogens (primary N) is 1. The van der Waals surface area contributed by atoms with Crippen LogP contribution in [0.5, 0.6) is 0 Å². The summed E-state index contributed by atoms with van der Waals surface area (Å²) in [6, 6.07) is 19.5. The normalized spacial score (nSPS) is 20.7. The molecular formula is C52H80N2O8. The number of carboxylic acid groups (broad SMARTS) is 2. The molecule has 2 saturated carbocycles. The lowest BCUT2D eigenvalue weighted by Gasteiger charge is -2.30. The van der Waals surface area contributed by atoms with Crippen molar-refractivity contribution >= 4 is 23.9 Å². The van der Waals surface area contributed by atoms with Crippen LogP contribution in [0.4, 0.5) is 0 Å². The van der Waals surface area contributed by atoms with Crippen LogP contribution in [0.1, 0.15) is 165 Å². The molecule has 6 atom stereocenters. The van der Waals surface area contributed by atoms with E-state index in [0.29, 0.717) is 30.4 Å². The predicted octanol–water partition coefficient (Wildman–Crippen LogP) is 11.3. The van der Waals surface area contributed by atoms with Gasteiger partial charge in [0.05, 0.1) is 0 Å². The second kappa shape index (κ2) is 33.3. The molecule has 4 bridgehead atoms. The Bertz CT molecular complexity index is 1530. The number of esters is 2. The third-order valence-electron chi connectivity index (χ3n) is 12.4. The average Bonchev–Trinajstić information content (AvgIpc) is 3.69. The fraction of sp³-hybridized carbons (Fsp3) is 0.615. The second-order valence-corrected chi connectivity index (χ2v) is 16.9. The van der Waals surface area contributed by atoms with E-state index in [4.69, 9.17) is 9.47 Å². The Morgan fingerprint density at radius 2 is 1.11 bits per heavy atom. The fourth-order valence-corrected chi connectivity index (χ4v) is 8.74. The summed E-state index contributed by atoms with van der Waals surface area (Å²) < 4.78 is 10.2. The minimum Gasteiger partial charge on any atom is -0.481 e. The maximum atomic E-state index is 11.7. The SMILES string of the molecule is C/C=C\CCCC(=O)OCC(C(=O)O)c1ccccc1.C1CC2CCC(C1)C2.CCCCC/C=C\CCC(=O)OCC(C(=O)O)c1ccccc1.CN.CN1C2CCCC1CC2. The van der Waals surface area contributed by atoms with Crippen molar-refractivity contribution in [3.63, 3.8) is 0 Å². The molecule has 0 amide bonds. The number of hydrogen-bond donors (Lipinski definition) is 3. The van der Waals surface area contributed by atoms with Crippen LogP contribution in [-0.4, -0.2) is 78.4 Å². The highest BCUT2D eigenvalue weighted by atomic mass is 16.5. The van der Waals surface area contributed by atoms with Gasteiger partial charge in [-0.1, -0.05) is 143 Å². The summed E-state index contributed by atoms with van der Waals surface area (Å²) in [6.45, 7) is 3.84. The van der Waals surface area contributed by atoms with Crippen molar-refractivity contribution in [3.05, 3.63) is 96.1 Å². The van der Waals surface area contributed by atoms with E-state index in [2.05, 4.69) is 30.7 Å². The highest BCUT2D eigenvalue weighted by Gasteiger charge is 2.33. The number of carboxylic acids is 2. The molecule has 10 nitrogen and oxygen atoms in total. The van der Waals surface area contributed by atoms with Gasteiger partial charge < -0.3 is 30.3 Å². The molecule has 2 aromatic carbocycles. The summed E-state index contributed by atoms with van der Waals surface area (Å²) in [6.07, 6.45) is 32.1. The summed E-state index contributed by atoms with van der Waals surface area (Å²) in [7, 11) is 3.79. The topological polar surface area (TPSA) is 156 Å². The lowest BCUT2D eigenvalue weighted by molar-refractivity contribution is -0.150. The number of hydrogen-bond acceptors (Lipinski definition) is 8. The van der Waals surface area contributed by atoms with Crippen molar-refractivity contribution < 1.29 is 38.9 Å². The molecule has 10 heteroatoms. The van der Waals surface area contributed by atoms with Gasteiger partial charge in [-0.2, -0.15) is 0 Å². The van der Waals surface area contributed by atoms with Crippen LogP contribution in [0, 0.1) is 11.8 Å². The Balaban J connectivity index is 0.000000302. The van der Waals surface area contributed by atoms with Crippen molar-refractivity contribution in [2.24, 2.45) is 17.6 Å². The first-order chi connectivity index (χ1) is 30.1. The molecular weight excluding hydrogens is 781 g/mol. The number of aliphatic carboxylic acids is 2. The predicted molar refractivity (Wildman–Crippen MR) is 250 cm³/mol. The highest BCUT2D eigenvalue weighted by molar-refractivity contribution is 5.78. The maximum Gasteiger partial charge on any atom is 0.314 e. The van der Waals surface area contributed by atoms with Crippen molar-refractivity contribution in [2.75, 3.05) is 27.3 Å². The summed E-state index contributed by atoms with van der Waals surface area (Å²) in [5, 5.41) is 18.4. The van der Waals surface area contributed by atoms with E-state index >= 15 is 0 Å². The summed E-state index contributed by atoms with van der Waals surface area (Å²) in [5.74, 6) is -1.98. The van der Waals surface area contributed by atoms with E-state index in [1.807, 2.05) is 37.3 Å². The number of carbonyl (C=O) groups excluding carboxylic acids is 2. The molecule has 4 fully saturated rings. The Kier molecular flexibility index (Phi) is 28.9. The van der Waals surface area contributed by atoms with E-state index in [1.54, 1.807) is 80.6 Å². The largest absolute Gasteiger partial charge is 0.481 e. The molecule has 2 aliphatic carbocycles. The van der Waals surface area contributed by atoms with Crippen molar-refractivity contribution in [1.29, 1.82) is 0 Å². The van der Waals surface area contributed by atoms with E-state index in [0.717, 1.165) is 36.8 Å². The van der Waals surface area contributed by atoms with Gasteiger partial charge in [0.15, 0.2) is 0 Å². The number of unbranched alkanes of at least 4 members (excludes halogenated alkanes) is 4. The Hall–Kier alpha value is -4.28. The standard InChI is InChI=1S/C19H26O4.C16H20O4.C8H15N.C8H14.CH5N/c1-2-3-4-5-6-7-11-14-18(20)23-15-17(19(21)22)16-12-9-8-10-13-16;1-2-3-4-8-11-15(17)20-12-14(16(18)19)13-9-6-5-7-10-13;1-9-7-3-2-4-8(9)6-5-7;1-2-7-4-5-8(3-1)6-7;1-2/h6-10,12-13,17H,2-5,11,14-15H2,1H3,(H,21,22);2-3,5-7,9-10,14H,4,8,11-12H2,1H3,(H,18,19);7-8H,2-6H2,1H3;7-8H,1-6H2;2H2,1H3/b7-6-;3-2-;;;. The Morgan fingerprint density at radius 1 is 0.645 bits per heavy atom. The maximum absolute atomic E-state index is 11.7. The first-order valence-corrected chi connectivity index (χ1v) is 23.5. The molecule has 2 aliphatic heterocycles. The number of allylic oxidation sites excluding steroid dienone is 4. The molecule has 2 aromatic rings. The second-order valence-electron chi connectivity index (χ2n) is 16.9. The van der Waals surface area contributed by atoms with Crippen LogP contribution >= 0.6 is 0 Å². The van der Waals surface area contributed by atoms with Crippen LogP contribution < -0.4 is 5.73 Å². The lowest BCUT2D eigenvalue weighted by Crippen LogP contribution is -2.35. The molecule has 62 heavy (non-hydrogen) atoms. The molecule has 0 spiro atoms. The van der Waals surface area contributed by atoms with Gasteiger partial charge in [-0.25, -0.2) is 0 Å². The molecule has 0 aromatic heterocycles. The highest BCUT2D eigenvalue weighted by Crippen LogP contribution is 2.41. The minimum atomic E-state index is -0.988. The van der Waals surface area contributed by atoms with Gasteiger partial charge in [0, 0.05) is 24.9 Å². The van der Waals surface area contributed by atoms with Gasteiger partial charge in [-0.15, -0.1) is 0 Å². The van der Waals surface area contributed by atoms with Crippen LogP contribution in [0.15, 0.2) is 85.0 Å². The molecule has 2 saturated heterocycles. The van der Waals surface area contributed by atoms with Gasteiger partial charge in [-0.3, -0.25) is 19.2 Å². The zero-order valence-corrected chi connectivity index (χ0v) is 38.5. The summed E-state index contributed by atoms with van der Waals surface area (Å²) in [4.78, 5) is 48.3. The first-order valence-electron chi connectivity index (χ1n) is 23.5. The van der Waals surface area contributed by atoms with Gasteiger partial charge in [0.2, 0.25) is 0 Å². The van der Waals surface area contributed by atoms with Crippen LogP contribution in [-0.2, 0) is 28.7 Å². The Morgan fingerprint density at radius 3 is 1.56 bits per heavy atom. The molecule has 346 valence electrons. The summed E-state index contributed by atoms with van der Waals surface area (Å²) in [5.41, 5.74) is 5.78. The number of rotatable bonds is 19. The number of nitrogens with zero attached hydrogens (tertiary/aromatic N) is 1. The first kappa shape index (κ1) is 53.9. The van der Waals surface area contributed by atoms with E-state index in [-0.39, 0.29) is 31.6 Å². The van der Waals surface area contributed by atoms with Crippen LogP contribution in [0.3, 0.4) is 0 Å². The number of fused-ring (bicyclic) bond motifs is 4. The van der Waals surface area contributed by atoms with Crippen molar-refractivity contribution in [3.8, 4) is 0 Å². The number of ether oxygens (including phenoxy) is 2. The quantitative estimate of drug-likeness (QED) is 0.0706. The van der Waals surface area contributed by atoms with Gasteiger partial charge >= 0.3 is 23.9 Å². The molecule has 4 aliphatic rings. The monoisotopic (exact) mass is 861 g/mol. The van der Waals surface area contributed by atoms with Gasteiger partial charge in [-0.05, 0) is 108 Å². The minimum absolute atomic E-state index is 0.123. The van der Waals surface area contributed by atoms with Crippen LogP contribution in [0.25, 0.3) is 0 Å². The zero-order valence-electron chi connectivity index (χ0n) is 38.5. The molecule has 4 N–H and O–H groups in total. The zero-order chi connectivity index (χ0) is 45.4. The third-order valence-corrected chi connectivity index (χ3v) is 12.4. The lowest BCUT2D eigenvalue weighted by atomic mass is 9.89. The van der Waals surface area contributed by atoms with E-state index < -0.39 is 23.8 Å². The number of benzene rings is 2. The number of carbonyl (C=O) groups is 4. The van der Waals surface area contributed by atoms with E-state index in [1.165, 1.54) is 64.8 Å². The van der Waals surface area contributed by atoms with E-state index in [9.17, 15) is 29.4 Å². The molecule has 2 heterocycles. The average molecular weight is 861 g/mol. The van der Waals surface area contributed by atoms with Crippen molar-refractivity contribution in [2.45, 2.75) is 166 Å². The van der Waals surface area contributed by atoms with Gasteiger partial charge in [0.25, 0.3) is 0 Å². The third kappa shape index (κ3) is 22.2. The molecule has 0 radical (unpaired) electrons. The smallest absolute Gasteiger partial charge is 0.314 e. The van der Waals surface area contributed by atoms with Crippen molar-refractivity contribution in [1.82, 2.24) is 4.90 Å². The number of piperidine rings is 1. The summed E-state index contributed by atoms with van der Waals surface area (Å²) >= 11 is 0. The molecule has 6 unspecified atom stereocenters. The van der Waals surface area contributed by atoms with Crippen LogP contribution in [0.2, 0.25) is 0 Å².